The number of rotatable bonds is 6. The van der Waals surface area contributed by atoms with Crippen molar-refractivity contribution in [3.63, 3.8) is 0 Å². The molecule has 0 saturated heterocycles. The smallest absolute Gasteiger partial charge is 0.395 e. The van der Waals surface area contributed by atoms with E-state index in [1.54, 1.807) is 0 Å². The van der Waals surface area contributed by atoms with Crippen molar-refractivity contribution in [3.8, 4) is 0 Å². The second kappa shape index (κ2) is 6.52. The molecule has 2 N–H and O–H groups in total. The average molecular weight is 309 g/mol. The molecule has 0 spiro atoms. The lowest BCUT2D eigenvalue weighted by molar-refractivity contribution is -0.385. The minimum absolute atomic E-state index is 0.0433. The maximum Gasteiger partial charge on any atom is 0.405 e. The number of hydrogen-bond donors (Lipinski definition) is 2. The molecule has 21 heavy (non-hydrogen) atoms. The lowest BCUT2D eigenvalue weighted by Crippen LogP contribution is -2.37. The van der Waals surface area contributed by atoms with E-state index in [0.717, 1.165) is 0 Å². The lowest BCUT2D eigenvalue weighted by atomic mass is 10.3. The molecule has 1 aromatic rings. The van der Waals surface area contributed by atoms with Gasteiger partial charge >= 0.3 is 11.9 Å². The first kappa shape index (κ1) is 16.9. The Bertz CT molecular complexity index is 523. The molecule has 1 rings (SSSR count). The first-order chi connectivity index (χ1) is 9.69. The minimum atomic E-state index is -4.60. The maximum atomic E-state index is 12.6. The molecule has 8 nitrogen and oxygen atoms in total. The van der Waals surface area contributed by atoms with Gasteiger partial charge in [-0.3, -0.25) is 10.1 Å². The molecule has 0 radical (unpaired) electrons. The highest BCUT2D eigenvalue weighted by molar-refractivity contribution is 5.62. The van der Waals surface area contributed by atoms with Crippen LogP contribution in [-0.2, 0) is 0 Å². The Kier molecular flexibility index (Phi) is 5.24. The topological polar surface area (TPSA) is 104 Å². The van der Waals surface area contributed by atoms with E-state index >= 15 is 0 Å². The number of anilines is 2. The van der Waals surface area contributed by atoms with Gasteiger partial charge in [0.2, 0.25) is 11.8 Å². The van der Waals surface area contributed by atoms with Crippen molar-refractivity contribution < 1.29 is 23.2 Å². The number of aliphatic hydroxyl groups excluding tert-OH is 1. The van der Waals surface area contributed by atoms with Crippen LogP contribution in [-0.4, -0.2) is 52.9 Å². The summed E-state index contributed by atoms with van der Waals surface area (Å²) in [5.74, 6) is -0.526. The van der Waals surface area contributed by atoms with Gasteiger partial charge in [0, 0.05) is 13.6 Å². The van der Waals surface area contributed by atoms with E-state index in [1.165, 1.54) is 14.0 Å². The molecule has 0 atom stereocenters. The van der Waals surface area contributed by atoms with Crippen LogP contribution in [0.1, 0.15) is 5.69 Å². The number of aryl methyl sites for hydroxylation is 1. The molecule has 0 saturated carbocycles. The van der Waals surface area contributed by atoms with Gasteiger partial charge in [-0.05, 0) is 6.92 Å². The normalized spacial score (nSPS) is 11.3. The van der Waals surface area contributed by atoms with Crippen molar-refractivity contribution in [2.45, 2.75) is 13.1 Å². The zero-order chi connectivity index (χ0) is 16.2. The fourth-order valence-corrected chi connectivity index (χ4v) is 1.69. The molecule has 0 fully saturated rings. The van der Waals surface area contributed by atoms with Crippen LogP contribution in [0.4, 0.5) is 30.6 Å². The summed E-state index contributed by atoms with van der Waals surface area (Å²) in [5.41, 5.74) is -0.689. The van der Waals surface area contributed by atoms with Crippen molar-refractivity contribution in [1.29, 1.82) is 0 Å². The van der Waals surface area contributed by atoms with Crippen LogP contribution >= 0.6 is 0 Å². The summed E-state index contributed by atoms with van der Waals surface area (Å²) < 4.78 is 37.7. The predicted octanol–water partition coefficient (Wildman–Crippen LogP) is 1.10. The quantitative estimate of drug-likeness (QED) is 0.599. The second-order valence-electron chi connectivity index (χ2n) is 4.07. The molecule has 0 amide bonds. The molecular formula is C10H14F3N5O3. The minimum Gasteiger partial charge on any atom is -0.395 e. The van der Waals surface area contributed by atoms with Crippen LogP contribution in [0.25, 0.3) is 0 Å². The van der Waals surface area contributed by atoms with E-state index < -0.39 is 42.3 Å². The van der Waals surface area contributed by atoms with Gasteiger partial charge in [0.1, 0.15) is 12.2 Å². The number of halogens is 3. The summed E-state index contributed by atoms with van der Waals surface area (Å²) in [7, 11) is 1.44. The lowest BCUT2D eigenvalue weighted by Gasteiger charge is -2.24. The molecule has 0 unspecified atom stereocenters. The molecule has 1 heterocycles. The van der Waals surface area contributed by atoms with Crippen molar-refractivity contribution in [1.82, 2.24) is 9.97 Å². The summed E-state index contributed by atoms with van der Waals surface area (Å²) in [4.78, 5) is 18.3. The van der Waals surface area contributed by atoms with Crippen molar-refractivity contribution in [3.05, 3.63) is 15.8 Å². The Balaban J connectivity index is 3.39. The first-order valence-corrected chi connectivity index (χ1v) is 5.83. The zero-order valence-electron chi connectivity index (χ0n) is 11.3. The summed E-state index contributed by atoms with van der Waals surface area (Å²) >= 11 is 0. The van der Waals surface area contributed by atoms with E-state index in [4.69, 9.17) is 5.11 Å². The molecule has 1 aromatic heterocycles. The Morgan fingerprint density at radius 2 is 2.05 bits per heavy atom. The summed E-state index contributed by atoms with van der Waals surface area (Å²) in [6.07, 6.45) is -4.60. The fraction of sp³-hybridized carbons (Fsp3) is 0.600. The molecular weight excluding hydrogens is 295 g/mol. The van der Waals surface area contributed by atoms with Gasteiger partial charge in [0.05, 0.1) is 11.5 Å². The summed E-state index contributed by atoms with van der Waals surface area (Å²) in [5, 5.41) is 22.5. The molecule has 0 aliphatic carbocycles. The second-order valence-corrected chi connectivity index (χ2v) is 4.07. The summed E-state index contributed by atoms with van der Waals surface area (Å²) in [6, 6.07) is 0. The Labute approximate surface area is 117 Å². The third-order valence-electron chi connectivity index (χ3n) is 2.49. The molecule has 118 valence electrons. The third kappa shape index (κ3) is 4.41. The highest BCUT2D eigenvalue weighted by atomic mass is 19.4. The van der Waals surface area contributed by atoms with Crippen molar-refractivity contribution >= 4 is 17.5 Å². The third-order valence-corrected chi connectivity index (χ3v) is 2.49. The standard InChI is InChI=1S/C10H14F3N5O3/c1-6-7(18(20)21)8(16-9(14-2)15-6)17(3-4-19)5-10(11,12)13/h19H,3-5H2,1-2H3,(H,14,15,16). The molecule has 0 bridgehead atoms. The van der Waals surface area contributed by atoms with E-state index in [0.29, 0.717) is 4.90 Å². The predicted molar refractivity (Wildman–Crippen MR) is 68.3 cm³/mol. The Morgan fingerprint density at radius 1 is 1.43 bits per heavy atom. The molecule has 11 heteroatoms. The van der Waals surface area contributed by atoms with Gasteiger partial charge in [-0.2, -0.15) is 18.2 Å². The van der Waals surface area contributed by atoms with Crippen LogP contribution in [0.15, 0.2) is 0 Å². The van der Waals surface area contributed by atoms with Crippen LogP contribution in [0.3, 0.4) is 0 Å². The van der Waals surface area contributed by atoms with Gasteiger partial charge in [0.15, 0.2) is 0 Å². The first-order valence-electron chi connectivity index (χ1n) is 5.83. The zero-order valence-corrected chi connectivity index (χ0v) is 11.3. The van der Waals surface area contributed by atoms with Gasteiger partial charge in [0.25, 0.3) is 0 Å². The van der Waals surface area contributed by atoms with E-state index in [1.807, 2.05) is 0 Å². The van der Waals surface area contributed by atoms with Gasteiger partial charge < -0.3 is 15.3 Å². The number of aliphatic hydroxyl groups is 1. The highest BCUT2D eigenvalue weighted by Crippen LogP contribution is 2.31. The van der Waals surface area contributed by atoms with Gasteiger partial charge in [-0.1, -0.05) is 0 Å². The van der Waals surface area contributed by atoms with Crippen LogP contribution in [0.2, 0.25) is 0 Å². The number of aromatic nitrogens is 2. The number of nitrogens with zero attached hydrogens (tertiary/aromatic N) is 4. The number of hydrogen-bond acceptors (Lipinski definition) is 7. The maximum absolute atomic E-state index is 12.6. The SMILES string of the molecule is CNc1nc(C)c([N+](=O)[O-])c(N(CCO)CC(F)(F)F)n1. The van der Waals surface area contributed by atoms with Crippen LogP contribution < -0.4 is 10.2 Å². The number of nitrogens with one attached hydrogen (secondary N) is 1. The molecule has 0 aliphatic rings. The van der Waals surface area contributed by atoms with E-state index in [9.17, 15) is 23.3 Å². The van der Waals surface area contributed by atoms with Crippen molar-refractivity contribution in [2.24, 2.45) is 0 Å². The average Bonchev–Trinajstić information content (AvgIpc) is 2.35. The molecule has 0 aromatic carbocycles. The largest absolute Gasteiger partial charge is 0.405 e. The molecule has 0 aliphatic heterocycles. The van der Waals surface area contributed by atoms with Crippen LogP contribution in [0.5, 0.6) is 0 Å². The fourth-order valence-electron chi connectivity index (χ4n) is 1.69. The highest BCUT2D eigenvalue weighted by Gasteiger charge is 2.35. The van der Waals surface area contributed by atoms with Crippen LogP contribution in [0, 0.1) is 17.0 Å². The van der Waals surface area contributed by atoms with E-state index in [-0.39, 0.29) is 11.6 Å². The van der Waals surface area contributed by atoms with Gasteiger partial charge in [-0.15, -0.1) is 0 Å². The monoisotopic (exact) mass is 309 g/mol. The Morgan fingerprint density at radius 3 is 2.48 bits per heavy atom. The van der Waals surface area contributed by atoms with E-state index in [2.05, 4.69) is 15.3 Å². The summed E-state index contributed by atoms with van der Waals surface area (Å²) in [6.45, 7) is -1.21. The number of alkyl halides is 3. The Hall–Kier alpha value is -2.17. The van der Waals surface area contributed by atoms with Crippen molar-refractivity contribution in [2.75, 3.05) is 37.0 Å². The van der Waals surface area contributed by atoms with Gasteiger partial charge in [-0.25, -0.2) is 4.98 Å². The number of nitro groups is 1.